The number of nitrogens with one attached hydrogen (secondary N) is 1. The summed E-state index contributed by atoms with van der Waals surface area (Å²) in [6.07, 6.45) is 1.87. The highest BCUT2D eigenvalue weighted by molar-refractivity contribution is 7.99. The van der Waals surface area contributed by atoms with Crippen LogP contribution < -0.4 is 11.1 Å². The van der Waals surface area contributed by atoms with Crippen LogP contribution in [0.2, 0.25) is 0 Å². The Balaban J connectivity index is 2.16. The topological polar surface area (TPSA) is 55.1 Å². The first-order valence-corrected chi connectivity index (χ1v) is 7.61. The van der Waals surface area contributed by atoms with Gasteiger partial charge in [0, 0.05) is 10.6 Å². The van der Waals surface area contributed by atoms with Gasteiger partial charge in [0.25, 0.3) is 0 Å². The van der Waals surface area contributed by atoms with Crippen LogP contribution in [0, 0.1) is 17.6 Å². The second kappa shape index (κ2) is 6.10. The predicted molar refractivity (Wildman–Crippen MR) is 75.4 cm³/mol. The van der Waals surface area contributed by atoms with Crippen LogP contribution in [-0.2, 0) is 4.79 Å². The third-order valence-corrected chi connectivity index (χ3v) is 4.78. The Hall–Kier alpha value is -1.14. The highest BCUT2D eigenvalue weighted by Gasteiger charge is 2.49. The summed E-state index contributed by atoms with van der Waals surface area (Å²) in [6.45, 7) is 2.50. The second-order valence-electron chi connectivity index (χ2n) is 5.00. The van der Waals surface area contributed by atoms with Gasteiger partial charge in [-0.25, -0.2) is 8.78 Å². The van der Waals surface area contributed by atoms with E-state index < -0.39 is 23.1 Å². The molecule has 0 spiro atoms. The molecule has 0 aliphatic heterocycles. The van der Waals surface area contributed by atoms with E-state index in [-0.39, 0.29) is 10.8 Å². The summed E-state index contributed by atoms with van der Waals surface area (Å²) in [4.78, 5) is 12.0. The molecule has 1 amide bonds. The average molecular weight is 300 g/mol. The highest BCUT2D eigenvalue weighted by Crippen LogP contribution is 2.42. The first-order chi connectivity index (χ1) is 9.49. The Bertz CT molecular complexity index is 508. The van der Waals surface area contributed by atoms with Gasteiger partial charge in [0.2, 0.25) is 5.91 Å². The number of primary amides is 1. The standard InChI is InChI=1S/C14H18F2N2OS/c1-2-18-14(13(17)19,9-3-4-9)8-20-12-7-10(15)5-6-11(12)16/h5-7,9,18H,2-4,8H2,1H3,(H2,17,19). The number of halogens is 2. The molecule has 1 unspecified atom stereocenters. The summed E-state index contributed by atoms with van der Waals surface area (Å²) in [5.41, 5.74) is 4.71. The number of likely N-dealkylation sites (N-methyl/N-ethyl adjacent to an activating group) is 1. The molecule has 0 heterocycles. The Morgan fingerprint density at radius 1 is 1.50 bits per heavy atom. The SMILES string of the molecule is CCNC(CSc1cc(F)ccc1F)(C(N)=O)C1CC1. The molecule has 1 atom stereocenters. The molecule has 1 aromatic rings. The molecule has 0 saturated heterocycles. The molecule has 1 aromatic carbocycles. The van der Waals surface area contributed by atoms with Crippen LogP contribution in [-0.4, -0.2) is 23.7 Å². The van der Waals surface area contributed by atoms with Gasteiger partial charge >= 0.3 is 0 Å². The summed E-state index contributed by atoms with van der Waals surface area (Å²) >= 11 is 1.13. The van der Waals surface area contributed by atoms with Crippen LogP contribution in [0.25, 0.3) is 0 Å². The molecule has 3 N–H and O–H groups in total. The molecule has 3 nitrogen and oxygen atoms in total. The monoisotopic (exact) mass is 300 g/mol. The number of amides is 1. The van der Waals surface area contributed by atoms with Crippen molar-refractivity contribution in [2.45, 2.75) is 30.2 Å². The van der Waals surface area contributed by atoms with E-state index in [0.29, 0.717) is 12.3 Å². The summed E-state index contributed by atoms with van der Waals surface area (Å²) in [6, 6.07) is 3.31. The molecule has 0 aromatic heterocycles. The molecule has 6 heteroatoms. The van der Waals surface area contributed by atoms with Crippen molar-refractivity contribution in [1.29, 1.82) is 0 Å². The number of carbonyl (C=O) groups excluding carboxylic acids is 1. The zero-order valence-corrected chi connectivity index (χ0v) is 12.1. The molecule has 1 fully saturated rings. The van der Waals surface area contributed by atoms with Gasteiger partial charge in [-0.15, -0.1) is 11.8 Å². The van der Waals surface area contributed by atoms with E-state index in [0.717, 1.165) is 42.8 Å². The van der Waals surface area contributed by atoms with Gasteiger partial charge in [-0.3, -0.25) is 4.79 Å². The van der Waals surface area contributed by atoms with E-state index in [1.165, 1.54) is 0 Å². The largest absolute Gasteiger partial charge is 0.368 e. The first kappa shape index (κ1) is 15.3. The van der Waals surface area contributed by atoms with Crippen molar-refractivity contribution >= 4 is 17.7 Å². The van der Waals surface area contributed by atoms with Crippen molar-refractivity contribution in [2.24, 2.45) is 11.7 Å². The van der Waals surface area contributed by atoms with Gasteiger partial charge < -0.3 is 11.1 Å². The molecular weight excluding hydrogens is 282 g/mol. The minimum atomic E-state index is -0.835. The van der Waals surface area contributed by atoms with E-state index in [4.69, 9.17) is 5.73 Å². The summed E-state index contributed by atoms with van der Waals surface area (Å²) in [7, 11) is 0. The first-order valence-electron chi connectivity index (χ1n) is 6.62. The number of hydrogen-bond acceptors (Lipinski definition) is 3. The van der Waals surface area contributed by atoms with Crippen LogP contribution in [0.1, 0.15) is 19.8 Å². The summed E-state index contributed by atoms with van der Waals surface area (Å²) in [5.74, 6) is -0.910. The fourth-order valence-corrected chi connectivity index (χ4v) is 3.61. The molecule has 2 rings (SSSR count). The fourth-order valence-electron chi connectivity index (χ4n) is 2.34. The molecule has 0 bridgehead atoms. The fraction of sp³-hybridized carbons (Fsp3) is 0.500. The van der Waals surface area contributed by atoms with E-state index in [1.807, 2.05) is 6.92 Å². The lowest BCUT2D eigenvalue weighted by atomic mass is 9.94. The van der Waals surface area contributed by atoms with Crippen LogP contribution in [0.15, 0.2) is 23.1 Å². The van der Waals surface area contributed by atoms with Crippen LogP contribution in [0.3, 0.4) is 0 Å². The minimum absolute atomic E-state index is 0.184. The highest BCUT2D eigenvalue weighted by atomic mass is 32.2. The van der Waals surface area contributed by atoms with Crippen molar-refractivity contribution in [3.05, 3.63) is 29.8 Å². The van der Waals surface area contributed by atoms with Crippen molar-refractivity contribution in [3.63, 3.8) is 0 Å². The second-order valence-corrected chi connectivity index (χ2v) is 6.02. The van der Waals surface area contributed by atoms with Gasteiger partial charge in [0.1, 0.15) is 17.2 Å². The lowest BCUT2D eigenvalue weighted by molar-refractivity contribution is -0.124. The van der Waals surface area contributed by atoms with Gasteiger partial charge in [-0.2, -0.15) is 0 Å². The Morgan fingerprint density at radius 3 is 2.75 bits per heavy atom. The van der Waals surface area contributed by atoms with E-state index >= 15 is 0 Å². The number of rotatable bonds is 7. The minimum Gasteiger partial charge on any atom is -0.368 e. The maximum Gasteiger partial charge on any atom is 0.238 e. The van der Waals surface area contributed by atoms with E-state index in [2.05, 4.69) is 5.32 Å². The van der Waals surface area contributed by atoms with Gasteiger partial charge in [0.05, 0.1) is 0 Å². The number of benzene rings is 1. The number of hydrogen-bond donors (Lipinski definition) is 2. The van der Waals surface area contributed by atoms with E-state index in [9.17, 15) is 13.6 Å². The van der Waals surface area contributed by atoms with Crippen molar-refractivity contribution < 1.29 is 13.6 Å². The van der Waals surface area contributed by atoms with E-state index in [1.54, 1.807) is 0 Å². The third kappa shape index (κ3) is 3.12. The van der Waals surface area contributed by atoms with Crippen LogP contribution >= 0.6 is 11.8 Å². The Labute approximate surface area is 121 Å². The number of carbonyl (C=O) groups is 1. The smallest absolute Gasteiger partial charge is 0.238 e. The predicted octanol–water partition coefficient (Wildman–Crippen LogP) is 2.30. The molecule has 110 valence electrons. The maximum atomic E-state index is 13.6. The van der Waals surface area contributed by atoms with Crippen molar-refractivity contribution in [3.8, 4) is 0 Å². The summed E-state index contributed by atoms with van der Waals surface area (Å²) in [5, 5.41) is 3.15. The zero-order chi connectivity index (χ0) is 14.8. The number of nitrogens with two attached hydrogens (primary N) is 1. The van der Waals surface area contributed by atoms with Gasteiger partial charge in [0.15, 0.2) is 0 Å². The lowest BCUT2D eigenvalue weighted by Gasteiger charge is -2.31. The molecule has 1 aliphatic carbocycles. The van der Waals surface area contributed by atoms with Gasteiger partial charge in [-0.05, 0) is 43.5 Å². The van der Waals surface area contributed by atoms with Crippen LogP contribution in [0.5, 0.6) is 0 Å². The molecule has 1 aliphatic rings. The van der Waals surface area contributed by atoms with Crippen LogP contribution in [0.4, 0.5) is 8.78 Å². The Morgan fingerprint density at radius 2 is 2.20 bits per heavy atom. The lowest BCUT2D eigenvalue weighted by Crippen LogP contribution is -2.59. The molecule has 0 radical (unpaired) electrons. The molecular formula is C14H18F2N2OS. The normalized spacial score (nSPS) is 17.8. The molecule has 1 saturated carbocycles. The van der Waals surface area contributed by atoms with Crippen molar-refractivity contribution in [1.82, 2.24) is 5.32 Å². The van der Waals surface area contributed by atoms with Crippen molar-refractivity contribution in [2.75, 3.05) is 12.3 Å². The summed E-state index contributed by atoms with van der Waals surface area (Å²) < 4.78 is 26.8. The zero-order valence-electron chi connectivity index (χ0n) is 11.3. The quantitative estimate of drug-likeness (QED) is 0.760. The number of thioether (sulfide) groups is 1. The average Bonchev–Trinajstić information content (AvgIpc) is 3.22. The third-order valence-electron chi connectivity index (χ3n) is 3.55. The Kier molecular flexibility index (Phi) is 4.65. The maximum absolute atomic E-state index is 13.6. The molecule has 20 heavy (non-hydrogen) atoms. The van der Waals surface area contributed by atoms with Gasteiger partial charge in [-0.1, -0.05) is 6.92 Å².